The maximum absolute atomic E-state index is 13.4. The molecule has 1 aliphatic rings. The SMILES string of the molecule is NC(=O)c1cc(-c2ccc(F)cc2)c2c(n1)CN(Cc1ccccc1C(N)=O)CC2. The number of nitrogens with two attached hydrogens (primary N) is 2. The van der Waals surface area contributed by atoms with Crippen LogP contribution in [0.1, 0.15) is 37.7 Å². The number of carbonyl (C=O) groups excluding carboxylic acids is 2. The Kier molecular flexibility index (Phi) is 5.29. The van der Waals surface area contributed by atoms with Crippen LogP contribution in [0.2, 0.25) is 0 Å². The fourth-order valence-electron chi connectivity index (χ4n) is 3.88. The van der Waals surface area contributed by atoms with Gasteiger partial charge in [-0.05, 0) is 52.9 Å². The van der Waals surface area contributed by atoms with Crippen molar-refractivity contribution in [2.24, 2.45) is 11.5 Å². The van der Waals surface area contributed by atoms with Gasteiger partial charge in [0.05, 0.1) is 5.69 Å². The van der Waals surface area contributed by atoms with Crippen molar-refractivity contribution in [1.29, 1.82) is 0 Å². The Morgan fingerprint density at radius 1 is 1.03 bits per heavy atom. The number of primary amides is 2. The van der Waals surface area contributed by atoms with E-state index in [-0.39, 0.29) is 11.5 Å². The average molecular weight is 404 g/mol. The average Bonchev–Trinajstić information content (AvgIpc) is 2.73. The molecule has 0 radical (unpaired) electrons. The highest BCUT2D eigenvalue weighted by Crippen LogP contribution is 2.31. The first-order valence-corrected chi connectivity index (χ1v) is 9.61. The summed E-state index contributed by atoms with van der Waals surface area (Å²) in [6, 6.07) is 15.1. The van der Waals surface area contributed by atoms with Crippen LogP contribution in [0.3, 0.4) is 0 Å². The first kappa shape index (κ1) is 19.7. The number of pyridine rings is 1. The van der Waals surface area contributed by atoms with Crippen LogP contribution in [-0.4, -0.2) is 28.2 Å². The third-order valence-electron chi connectivity index (χ3n) is 5.35. The number of benzene rings is 2. The minimum atomic E-state index is -0.614. The highest BCUT2D eigenvalue weighted by Gasteiger charge is 2.24. The topological polar surface area (TPSA) is 102 Å². The number of carbonyl (C=O) groups is 2. The molecule has 0 atom stereocenters. The number of rotatable bonds is 5. The minimum Gasteiger partial charge on any atom is -0.366 e. The summed E-state index contributed by atoms with van der Waals surface area (Å²) in [5.74, 6) is -1.40. The Balaban J connectivity index is 1.69. The third kappa shape index (κ3) is 3.92. The molecule has 0 spiro atoms. The van der Waals surface area contributed by atoms with Crippen molar-refractivity contribution >= 4 is 11.8 Å². The third-order valence-corrected chi connectivity index (χ3v) is 5.35. The summed E-state index contributed by atoms with van der Waals surface area (Å²) in [5.41, 5.74) is 15.9. The molecule has 4 rings (SSSR count). The largest absolute Gasteiger partial charge is 0.366 e. The van der Waals surface area contributed by atoms with E-state index in [4.69, 9.17) is 11.5 Å². The van der Waals surface area contributed by atoms with Crippen LogP contribution >= 0.6 is 0 Å². The first-order chi connectivity index (χ1) is 14.4. The molecular weight excluding hydrogens is 383 g/mol. The van der Waals surface area contributed by atoms with Crippen molar-refractivity contribution in [2.45, 2.75) is 19.5 Å². The predicted octanol–water partition coefficient (Wildman–Crippen LogP) is 2.64. The summed E-state index contributed by atoms with van der Waals surface area (Å²) in [7, 11) is 0. The molecule has 0 unspecified atom stereocenters. The second kappa shape index (κ2) is 8.04. The van der Waals surface area contributed by atoms with Crippen LogP contribution in [0.4, 0.5) is 4.39 Å². The molecule has 30 heavy (non-hydrogen) atoms. The summed E-state index contributed by atoms with van der Waals surface area (Å²) in [6.07, 6.45) is 0.701. The molecular formula is C23H21FN4O2. The molecule has 2 amide bonds. The van der Waals surface area contributed by atoms with Crippen LogP contribution in [0, 0.1) is 5.82 Å². The van der Waals surface area contributed by atoms with Gasteiger partial charge in [0.2, 0.25) is 5.91 Å². The van der Waals surface area contributed by atoms with E-state index >= 15 is 0 Å². The number of nitrogens with zero attached hydrogens (tertiary/aromatic N) is 2. The molecule has 2 heterocycles. The predicted molar refractivity (Wildman–Crippen MR) is 111 cm³/mol. The molecule has 0 fully saturated rings. The number of hydrogen-bond acceptors (Lipinski definition) is 4. The van der Waals surface area contributed by atoms with Crippen LogP contribution in [0.25, 0.3) is 11.1 Å². The number of amides is 2. The molecule has 3 aromatic rings. The van der Waals surface area contributed by atoms with Gasteiger partial charge in [-0.3, -0.25) is 14.5 Å². The van der Waals surface area contributed by atoms with Crippen LogP contribution in [0.15, 0.2) is 54.6 Å². The number of fused-ring (bicyclic) bond motifs is 1. The van der Waals surface area contributed by atoms with E-state index in [9.17, 15) is 14.0 Å². The maximum Gasteiger partial charge on any atom is 0.267 e. The fraction of sp³-hybridized carbons (Fsp3) is 0.174. The summed E-state index contributed by atoms with van der Waals surface area (Å²) in [6.45, 7) is 1.77. The zero-order valence-corrected chi connectivity index (χ0v) is 16.3. The summed E-state index contributed by atoms with van der Waals surface area (Å²) in [5, 5.41) is 0. The van der Waals surface area contributed by atoms with E-state index in [0.29, 0.717) is 25.1 Å². The van der Waals surface area contributed by atoms with Gasteiger partial charge in [0.15, 0.2) is 0 Å². The fourth-order valence-corrected chi connectivity index (χ4v) is 3.88. The number of aromatic nitrogens is 1. The van der Waals surface area contributed by atoms with Crippen LogP contribution in [-0.2, 0) is 19.5 Å². The maximum atomic E-state index is 13.4. The molecule has 2 aromatic carbocycles. The molecule has 0 saturated carbocycles. The molecule has 1 aliphatic heterocycles. The van der Waals surface area contributed by atoms with E-state index in [1.165, 1.54) is 12.1 Å². The van der Waals surface area contributed by atoms with E-state index < -0.39 is 11.8 Å². The van der Waals surface area contributed by atoms with E-state index in [1.54, 1.807) is 30.3 Å². The van der Waals surface area contributed by atoms with Crippen molar-refractivity contribution in [3.63, 3.8) is 0 Å². The van der Waals surface area contributed by atoms with Crippen LogP contribution in [0.5, 0.6) is 0 Å². The molecule has 0 aliphatic carbocycles. The Bertz CT molecular complexity index is 1130. The van der Waals surface area contributed by atoms with Gasteiger partial charge in [0.25, 0.3) is 5.91 Å². The second-order valence-corrected chi connectivity index (χ2v) is 7.33. The Hall–Kier alpha value is -3.58. The lowest BCUT2D eigenvalue weighted by molar-refractivity contribution is 0.0987. The number of hydrogen-bond donors (Lipinski definition) is 2. The quantitative estimate of drug-likeness (QED) is 0.682. The zero-order chi connectivity index (χ0) is 21.3. The Labute approximate surface area is 173 Å². The van der Waals surface area contributed by atoms with Crippen molar-refractivity contribution in [3.05, 3.63) is 88.5 Å². The van der Waals surface area contributed by atoms with Crippen LogP contribution < -0.4 is 11.5 Å². The van der Waals surface area contributed by atoms with Gasteiger partial charge >= 0.3 is 0 Å². The van der Waals surface area contributed by atoms with Gasteiger partial charge in [-0.15, -0.1) is 0 Å². The standard InChI is InChI=1S/C23H21FN4O2/c24-16-7-5-14(6-8-16)19-11-20(23(26)30)27-21-13-28(10-9-18(19)21)12-15-3-1-2-4-17(15)22(25)29/h1-8,11H,9-10,12-13H2,(H2,25,29)(H2,26,30). The molecule has 6 nitrogen and oxygen atoms in total. The molecule has 4 N–H and O–H groups in total. The van der Waals surface area contributed by atoms with Gasteiger partial charge in [-0.1, -0.05) is 30.3 Å². The van der Waals surface area contributed by atoms with E-state index in [2.05, 4.69) is 9.88 Å². The smallest absolute Gasteiger partial charge is 0.267 e. The van der Waals surface area contributed by atoms with Crippen molar-refractivity contribution in [2.75, 3.05) is 6.54 Å². The molecule has 152 valence electrons. The lowest BCUT2D eigenvalue weighted by Crippen LogP contribution is -2.32. The monoisotopic (exact) mass is 404 g/mol. The van der Waals surface area contributed by atoms with Crippen molar-refractivity contribution < 1.29 is 14.0 Å². The van der Waals surface area contributed by atoms with E-state index in [1.807, 2.05) is 12.1 Å². The first-order valence-electron chi connectivity index (χ1n) is 9.61. The van der Waals surface area contributed by atoms with Crippen molar-refractivity contribution in [3.8, 4) is 11.1 Å². The van der Waals surface area contributed by atoms with Gasteiger partial charge in [-0.2, -0.15) is 0 Å². The molecule has 0 bridgehead atoms. The van der Waals surface area contributed by atoms with Gasteiger partial charge in [-0.25, -0.2) is 9.37 Å². The summed E-state index contributed by atoms with van der Waals surface area (Å²) in [4.78, 5) is 30.2. The molecule has 0 saturated heterocycles. The van der Waals surface area contributed by atoms with Crippen molar-refractivity contribution in [1.82, 2.24) is 9.88 Å². The number of halogens is 1. The highest BCUT2D eigenvalue weighted by molar-refractivity contribution is 5.94. The normalized spacial score (nSPS) is 13.6. The van der Waals surface area contributed by atoms with Gasteiger partial charge in [0.1, 0.15) is 11.5 Å². The Morgan fingerprint density at radius 3 is 2.47 bits per heavy atom. The molecule has 1 aromatic heterocycles. The second-order valence-electron chi connectivity index (χ2n) is 7.33. The summed E-state index contributed by atoms with van der Waals surface area (Å²) >= 11 is 0. The highest BCUT2D eigenvalue weighted by atomic mass is 19.1. The zero-order valence-electron chi connectivity index (χ0n) is 16.3. The minimum absolute atomic E-state index is 0.174. The van der Waals surface area contributed by atoms with Gasteiger partial charge < -0.3 is 11.5 Å². The lowest BCUT2D eigenvalue weighted by atomic mass is 9.93. The Morgan fingerprint density at radius 2 is 1.77 bits per heavy atom. The lowest BCUT2D eigenvalue weighted by Gasteiger charge is -2.30. The van der Waals surface area contributed by atoms with E-state index in [0.717, 1.165) is 34.5 Å². The summed E-state index contributed by atoms with van der Waals surface area (Å²) < 4.78 is 13.4. The molecule has 7 heteroatoms. The van der Waals surface area contributed by atoms with Gasteiger partial charge in [0, 0.05) is 25.2 Å².